The number of hydrogen-bond acceptors (Lipinski definition) is 6. The average molecular weight is 234 g/mol. The zero-order chi connectivity index (χ0) is 12.9. The van der Waals surface area contributed by atoms with Crippen LogP contribution in [0.2, 0.25) is 0 Å². The van der Waals surface area contributed by atoms with E-state index in [1.807, 2.05) is 0 Å². The lowest BCUT2D eigenvalue weighted by molar-refractivity contribution is -0.182. The first-order chi connectivity index (χ1) is 7.07. The van der Waals surface area contributed by atoms with Gasteiger partial charge in [0.05, 0.1) is 18.2 Å². The van der Waals surface area contributed by atoms with Gasteiger partial charge in [-0.15, -0.1) is 0 Å². The first kappa shape index (κ1) is 13.8. The molecule has 0 aromatic heterocycles. The molecule has 0 radical (unpaired) electrons. The van der Waals surface area contributed by atoms with Crippen molar-refractivity contribution in [3.05, 3.63) is 0 Å². The summed E-state index contributed by atoms with van der Waals surface area (Å²) in [5, 5.41) is 39.6. The molecule has 0 bridgehead atoms. The van der Waals surface area contributed by atoms with E-state index in [2.05, 4.69) is 0 Å². The molecule has 96 valence electrons. The summed E-state index contributed by atoms with van der Waals surface area (Å²) in [6, 6.07) is -0.910. The summed E-state index contributed by atoms with van der Waals surface area (Å²) in [5.41, 5.74) is 6.55. The normalized spacial score (nSPS) is 55.3. The Bertz CT molecular complexity index is 284. The molecule has 0 aliphatic heterocycles. The Labute approximate surface area is 94.9 Å². The first-order valence-electron chi connectivity index (χ1n) is 5.35. The molecule has 1 aliphatic rings. The molecule has 1 unspecified atom stereocenters. The Hall–Kier alpha value is -0.240. The fraction of sp³-hybridized carbons (Fsp3) is 1.00. The lowest BCUT2D eigenvalue weighted by atomic mass is 9.73. The minimum Gasteiger partial charge on any atom is -0.393 e. The van der Waals surface area contributed by atoms with E-state index in [1.165, 1.54) is 13.8 Å². The Kier molecular flexibility index (Phi) is 3.13. The van der Waals surface area contributed by atoms with Crippen LogP contribution in [0.1, 0.15) is 20.8 Å². The summed E-state index contributed by atoms with van der Waals surface area (Å²) in [6.45, 7) is 3.65. The maximum Gasteiger partial charge on any atom is 0.133 e. The van der Waals surface area contributed by atoms with Crippen molar-refractivity contribution >= 4 is 0 Å². The largest absolute Gasteiger partial charge is 0.393 e. The molecule has 0 aromatic carbocycles. The van der Waals surface area contributed by atoms with E-state index in [-0.39, 0.29) is 0 Å². The summed E-state index contributed by atoms with van der Waals surface area (Å²) in [7, 11) is 0. The SMILES string of the molecule is C[C@H](O)C1(N)[C@@H](C)[C@H](N)[C@](O)(CO)[C@]1(C)O. The van der Waals surface area contributed by atoms with Crippen LogP contribution in [0.15, 0.2) is 0 Å². The first-order valence-corrected chi connectivity index (χ1v) is 5.35. The number of nitrogens with two attached hydrogens (primary N) is 2. The van der Waals surface area contributed by atoms with Crippen LogP contribution in [0.5, 0.6) is 0 Å². The second kappa shape index (κ2) is 3.63. The van der Waals surface area contributed by atoms with Gasteiger partial charge in [0.15, 0.2) is 0 Å². The fourth-order valence-electron chi connectivity index (χ4n) is 2.90. The highest BCUT2D eigenvalue weighted by Crippen LogP contribution is 2.49. The van der Waals surface area contributed by atoms with Gasteiger partial charge in [-0.05, 0) is 19.8 Å². The number of aliphatic hydroxyl groups excluding tert-OH is 2. The summed E-state index contributed by atoms with van der Waals surface area (Å²) >= 11 is 0. The highest BCUT2D eigenvalue weighted by atomic mass is 16.4. The Morgan fingerprint density at radius 1 is 1.38 bits per heavy atom. The fourth-order valence-corrected chi connectivity index (χ4v) is 2.90. The van der Waals surface area contributed by atoms with Gasteiger partial charge in [-0.3, -0.25) is 0 Å². The number of rotatable bonds is 2. The van der Waals surface area contributed by atoms with Crippen LogP contribution in [0, 0.1) is 5.92 Å². The maximum atomic E-state index is 10.4. The standard InChI is InChI=1S/C10H22N2O4/c1-5-7(11)9(16,4-13)8(3,15)10(5,12)6(2)14/h5-7,13-16H,4,11-12H2,1-3H3/t5-,6-,7-,8-,9+,10?/m0/s1. The third-order valence-corrected chi connectivity index (χ3v) is 4.46. The molecule has 0 amide bonds. The van der Waals surface area contributed by atoms with Crippen LogP contribution >= 0.6 is 0 Å². The molecule has 16 heavy (non-hydrogen) atoms. The Morgan fingerprint density at radius 2 is 1.81 bits per heavy atom. The van der Waals surface area contributed by atoms with Crippen LogP contribution in [-0.4, -0.2) is 55.9 Å². The zero-order valence-corrected chi connectivity index (χ0v) is 9.88. The summed E-state index contributed by atoms with van der Waals surface area (Å²) < 4.78 is 0. The zero-order valence-electron chi connectivity index (χ0n) is 9.88. The van der Waals surface area contributed by atoms with Crippen LogP contribution in [0.3, 0.4) is 0 Å². The van der Waals surface area contributed by atoms with Gasteiger partial charge < -0.3 is 31.9 Å². The smallest absolute Gasteiger partial charge is 0.133 e. The van der Waals surface area contributed by atoms with Gasteiger partial charge >= 0.3 is 0 Å². The van der Waals surface area contributed by atoms with Crippen molar-refractivity contribution in [2.45, 2.75) is 49.7 Å². The number of hydrogen-bond donors (Lipinski definition) is 6. The van der Waals surface area contributed by atoms with E-state index in [1.54, 1.807) is 6.92 Å². The topological polar surface area (TPSA) is 133 Å². The predicted molar refractivity (Wildman–Crippen MR) is 58.4 cm³/mol. The van der Waals surface area contributed by atoms with Crippen LogP contribution in [-0.2, 0) is 0 Å². The van der Waals surface area contributed by atoms with Crippen molar-refractivity contribution in [3.63, 3.8) is 0 Å². The van der Waals surface area contributed by atoms with E-state index < -0.39 is 41.4 Å². The van der Waals surface area contributed by atoms with Crippen molar-refractivity contribution in [2.24, 2.45) is 17.4 Å². The van der Waals surface area contributed by atoms with Gasteiger partial charge in [0.2, 0.25) is 0 Å². The van der Waals surface area contributed by atoms with E-state index >= 15 is 0 Å². The van der Waals surface area contributed by atoms with Crippen LogP contribution in [0.4, 0.5) is 0 Å². The molecule has 0 spiro atoms. The van der Waals surface area contributed by atoms with E-state index in [0.717, 1.165) is 0 Å². The predicted octanol–water partition coefficient (Wildman–Crippen LogP) is -2.48. The van der Waals surface area contributed by atoms with Gasteiger partial charge in [-0.1, -0.05) is 6.92 Å². The Balaban J connectivity index is 3.36. The molecule has 1 rings (SSSR count). The van der Waals surface area contributed by atoms with Gasteiger partial charge in [-0.2, -0.15) is 0 Å². The van der Waals surface area contributed by atoms with Crippen molar-refractivity contribution < 1.29 is 20.4 Å². The summed E-state index contributed by atoms with van der Waals surface area (Å²) in [4.78, 5) is 0. The second-order valence-electron chi connectivity index (χ2n) is 5.08. The van der Waals surface area contributed by atoms with Crippen molar-refractivity contribution in [1.82, 2.24) is 0 Å². The monoisotopic (exact) mass is 234 g/mol. The Morgan fingerprint density at radius 3 is 2.00 bits per heavy atom. The molecule has 1 aliphatic carbocycles. The minimum atomic E-state index is -1.92. The van der Waals surface area contributed by atoms with Gasteiger partial charge in [0.1, 0.15) is 11.2 Å². The molecule has 0 aromatic rings. The third-order valence-electron chi connectivity index (χ3n) is 4.46. The molecular weight excluding hydrogens is 212 g/mol. The highest BCUT2D eigenvalue weighted by Gasteiger charge is 2.71. The van der Waals surface area contributed by atoms with E-state index in [4.69, 9.17) is 11.5 Å². The van der Waals surface area contributed by atoms with Crippen molar-refractivity contribution in [2.75, 3.05) is 6.61 Å². The lowest BCUT2D eigenvalue weighted by Gasteiger charge is -2.45. The van der Waals surface area contributed by atoms with Gasteiger partial charge in [-0.25, -0.2) is 0 Å². The molecule has 8 N–H and O–H groups in total. The van der Waals surface area contributed by atoms with Crippen LogP contribution < -0.4 is 11.5 Å². The maximum absolute atomic E-state index is 10.4. The minimum absolute atomic E-state index is 0.542. The molecule has 0 saturated heterocycles. The molecule has 6 heteroatoms. The molecule has 1 fully saturated rings. The average Bonchev–Trinajstić information content (AvgIpc) is 2.31. The second-order valence-corrected chi connectivity index (χ2v) is 5.08. The molecular formula is C10H22N2O4. The quantitative estimate of drug-likeness (QED) is 0.313. The van der Waals surface area contributed by atoms with E-state index in [9.17, 15) is 20.4 Å². The highest BCUT2D eigenvalue weighted by molar-refractivity contribution is 5.27. The molecule has 0 heterocycles. The lowest BCUT2D eigenvalue weighted by Crippen LogP contribution is -2.71. The molecule has 6 atom stereocenters. The van der Waals surface area contributed by atoms with Crippen molar-refractivity contribution in [3.8, 4) is 0 Å². The van der Waals surface area contributed by atoms with E-state index in [0.29, 0.717) is 0 Å². The summed E-state index contributed by atoms with van der Waals surface area (Å²) in [5.74, 6) is -0.542. The molecule has 6 nitrogen and oxygen atoms in total. The summed E-state index contributed by atoms with van der Waals surface area (Å²) in [6.07, 6.45) is -1.07. The number of aliphatic hydroxyl groups is 4. The van der Waals surface area contributed by atoms with Gasteiger partial charge in [0.25, 0.3) is 0 Å². The third kappa shape index (κ3) is 1.23. The van der Waals surface area contributed by atoms with Crippen LogP contribution in [0.25, 0.3) is 0 Å². The van der Waals surface area contributed by atoms with Crippen molar-refractivity contribution in [1.29, 1.82) is 0 Å². The van der Waals surface area contributed by atoms with Gasteiger partial charge in [0, 0.05) is 6.04 Å². The molecule has 1 saturated carbocycles.